The summed E-state index contributed by atoms with van der Waals surface area (Å²) in [6, 6.07) is -0.418. The van der Waals surface area contributed by atoms with Crippen molar-refractivity contribution in [2.24, 2.45) is 27.1 Å². The zero-order valence-corrected chi connectivity index (χ0v) is 37.9. The van der Waals surface area contributed by atoms with Gasteiger partial charge in [0.05, 0.1) is 19.8 Å². The molecule has 17 nitrogen and oxygen atoms in total. The van der Waals surface area contributed by atoms with Crippen molar-refractivity contribution < 1.29 is 75.1 Å². The molecule has 4 amide bonds. The van der Waals surface area contributed by atoms with Gasteiger partial charge in [-0.15, -0.1) is 0 Å². The van der Waals surface area contributed by atoms with E-state index in [0.29, 0.717) is 51.6 Å². The molecule has 2 saturated carbocycles. The minimum atomic E-state index is -4.57. The van der Waals surface area contributed by atoms with Crippen LogP contribution in [0.2, 0.25) is 0 Å². The average molecular weight is 907 g/mol. The maximum absolute atomic E-state index is 12.9. The lowest BCUT2D eigenvalue weighted by Gasteiger charge is -2.48. The summed E-state index contributed by atoms with van der Waals surface area (Å²) in [5, 5.41) is 11.5. The topological polar surface area (TPSA) is 215 Å². The number of carbonyl (C=O) groups excluding carboxylic acids is 6. The van der Waals surface area contributed by atoms with Gasteiger partial charge in [0, 0.05) is 42.7 Å². The van der Waals surface area contributed by atoms with Crippen molar-refractivity contribution in [3.63, 3.8) is 0 Å². The molecule has 4 atom stereocenters. The molecule has 0 aromatic rings. The predicted octanol–water partition coefficient (Wildman–Crippen LogP) is 4.92. The quantitative estimate of drug-likeness (QED) is 0.0415. The second-order valence-corrected chi connectivity index (χ2v) is 18.9. The number of nitrogens with one attached hydrogen (secondary N) is 4. The van der Waals surface area contributed by atoms with E-state index in [9.17, 15) is 41.9 Å². The summed E-state index contributed by atoms with van der Waals surface area (Å²) in [4.78, 5) is 72.8. The van der Waals surface area contributed by atoms with E-state index in [1.54, 1.807) is 6.92 Å². The zero-order chi connectivity index (χ0) is 47.5. The monoisotopic (exact) mass is 906 g/mol. The third kappa shape index (κ3) is 21.2. The first-order valence-electron chi connectivity index (χ1n) is 21.0. The zero-order valence-electron chi connectivity index (χ0n) is 37.9. The Hall–Kier alpha value is -4.43. The molecule has 0 aromatic heterocycles. The minimum Gasteiger partial charge on any atom is -0.459 e. The van der Waals surface area contributed by atoms with E-state index in [-0.39, 0.29) is 86.6 Å². The Labute approximate surface area is 368 Å². The van der Waals surface area contributed by atoms with Gasteiger partial charge in [0.2, 0.25) is 11.8 Å². The molecule has 360 valence electrons. The highest BCUT2D eigenvalue weighted by Gasteiger charge is 2.45. The van der Waals surface area contributed by atoms with Crippen LogP contribution in [-0.2, 0) is 52.3 Å². The SMILES string of the molecule is C=CC(=O)OCCOC(=O)NC1CCC(C)(CNC(=O)COCC(C)(COCC(=O)NCC2(C)CCC(NC(=O)OCCOC(=O)C=C)C(C)(C)C2)COCC(F)(F)F)CC1(C)C. The molecule has 2 fully saturated rings. The number of hydrogen-bond acceptors (Lipinski definition) is 13. The summed E-state index contributed by atoms with van der Waals surface area (Å²) in [7, 11) is 0. The number of halogens is 3. The molecule has 0 aliphatic heterocycles. The highest BCUT2D eigenvalue weighted by atomic mass is 19.4. The van der Waals surface area contributed by atoms with Crippen molar-refractivity contribution in [2.45, 2.75) is 105 Å². The number of amides is 4. The van der Waals surface area contributed by atoms with Crippen LogP contribution in [0.25, 0.3) is 0 Å². The molecule has 0 radical (unpaired) electrons. The van der Waals surface area contributed by atoms with Crippen LogP contribution in [0.15, 0.2) is 25.3 Å². The van der Waals surface area contributed by atoms with E-state index < -0.39 is 60.7 Å². The third-order valence-electron chi connectivity index (χ3n) is 11.3. The van der Waals surface area contributed by atoms with Gasteiger partial charge in [0.25, 0.3) is 0 Å². The lowest BCUT2D eigenvalue weighted by molar-refractivity contribution is -0.185. The molecule has 0 saturated heterocycles. The molecule has 0 heterocycles. The molecule has 4 N–H and O–H groups in total. The molecule has 4 unspecified atom stereocenters. The lowest BCUT2D eigenvalue weighted by atomic mass is 9.62. The number of hydrogen-bond donors (Lipinski definition) is 4. The van der Waals surface area contributed by atoms with Crippen molar-refractivity contribution in [3.8, 4) is 0 Å². The highest BCUT2D eigenvalue weighted by molar-refractivity contribution is 5.81. The molecule has 2 aliphatic rings. The van der Waals surface area contributed by atoms with Crippen LogP contribution in [0.3, 0.4) is 0 Å². The van der Waals surface area contributed by atoms with Crippen LogP contribution in [0.4, 0.5) is 22.8 Å². The van der Waals surface area contributed by atoms with Gasteiger partial charge in [-0.2, -0.15) is 13.2 Å². The first kappa shape index (κ1) is 54.7. The Morgan fingerprint density at radius 1 is 0.603 bits per heavy atom. The Balaban J connectivity index is 1.81. The van der Waals surface area contributed by atoms with Gasteiger partial charge in [-0.25, -0.2) is 19.2 Å². The van der Waals surface area contributed by atoms with E-state index in [1.165, 1.54) is 0 Å². The van der Waals surface area contributed by atoms with E-state index in [0.717, 1.165) is 12.2 Å². The third-order valence-corrected chi connectivity index (χ3v) is 11.3. The average Bonchev–Trinajstić information content (AvgIpc) is 3.18. The van der Waals surface area contributed by atoms with Gasteiger partial charge >= 0.3 is 30.3 Å². The second kappa shape index (κ2) is 24.6. The number of rotatable bonds is 25. The second-order valence-electron chi connectivity index (χ2n) is 18.9. The predicted molar refractivity (Wildman–Crippen MR) is 223 cm³/mol. The fourth-order valence-corrected chi connectivity index (χ4v) is 8.31. The normalized spacial score (nSPS) is 23.7. The summed E-state index contributed by atoms with van der Waals surface area (Å²) in [6.07, 6.45) is 0.0599. The van der Waals surface area contributed by atoms with Crippen LogP contribution in [0.5, 0.6) is 0 Å². The Morgan fingerprint density at radius 3 is 1.32 bits per heavy atom. The van der Waals surface area contributed by atoms with Crippen molar-refractivity contribution >= 4 is 35.9 Å². The maximum Gasteiger partial charge on any atom is 0.411 e. The van der Waals surface area contributed by atoms with E-state index in [1.807, 2.05) is 41.5 Å². The highest BCUT2D eigenvalue weighted by Crippen LogP contribution is 2.47. The summed E-state index contributed by atoms with van der Waals surface area (Å²) >= 11 is 0. The summed E-state index contributed by atoms with van der Waals surface area (Å²) < 4.78 is 74.9. The molecule has 20 heteroatoms. The molecule has 63 heavy (non-hydrogen) atoms. The van der Waals surface area contributed by atoms with E-state index >= 15 is 0 Å². The van der Waals surface area contributed by atoms with E-state index in [4.69, 9.17) is 33.2 Å². The van der Waals surface area contributed by atoms with Crippen LogP contribution < -0.4 is 21.3 Å². The fourth-order valence-electron chi connectivity index (χ4n) is 8.31. The Kier molecular flexibility index (Phi) is 21.3. The van der Waals surface area contributed by atoms with Gasteiger partial charge < -0.3 is 54.4 Å². The molecule has 0 bridgehead atoms. The number of carbonyl (C=O) groups is 6. The number of alkyl carbamates (subject to hydrolysis) is 2. The number of esters is 2. The standard InChI is InChI=1S/C43H69F3N4O13/c1-10-34(53)60-16-18-62-36(55)49-30-12-14-40(7,22-38(30,3)4)24-47-32(51)20-57-26-42(9,28-59-29-43(44,45)46)27-58-21-33(52)48-25-41(8)15-13-31(39(5,6)23-41)50-37(56)63-19-17-61-35(54)11-2/h10-11,30-31H,1-2,12-29H2,3-9H3,(H,47,51)(H,48,52)(H,49,55)(H,50,56). The van der Waals surface area contributed by atoms with Crippen molar-refractivity contribution in [1.29, 1.82) is 0 Å². The Morgan fingerprint density at radius 2 is 0.968 bits per heavy atom. The number of alkyl halides is 3. The summed E-state index contributed by atoms with van der Waals surface area (Å²) in [5.41, 5.74) is -2.52. The molecular formula is C43H69F3N4O13. The summed E-state index contributed by atoms with van der Waals surface area (Å²) in [5.74, 6) is -2.10. The van der Waals surface area contributed by atoms with Crippen molar-refractivity contribution in [2.75, 3.05) is 79.2 Å². The van der Waals surface area contributed by atoms with Gasteiger partial charge in [-0.05, 0) is 60.2 Å². The first-order valence-corrected chi connectivity index (χ1v) is 21.0. The molecule has 0 spiro atoms. The maximum atomic E-state index is 12.9. The largest absolute Gasteiger partial charge is 0.459 e. The Bertz CT molecular complexity index is 1480. The molecule has 2 aliphatic carbocycles. The van der Waals surface area contributed by atoms with Crippen LogP contribution >= 0.6 is 0 Å². The van der Waals surface area contributed by atoms with Crippen molar-refractivity contribution in [1.82, 2.24) is 21.3 Å². The molecule has 2 rings (SSSR count). The molecular weight excluding hydrogens is 837 g/mol. The molecule has 0 aromatic carbocycles. The van der Waals surface area contributed by atoms with Crippen LogP contribution in [0, 0.1) is 27.1 Å². The fraction of sp³-hybridized carbons (Fsp3) is 0.767. The van der Waals surface area contributed by atoms with E-state index in [2.05, 4.69) is 34.4 Å². The summed E-state index contributed by atoms with van der Waals surface area (Å²) in [6.45, 7) is 17.4. The van der Waals surface area contributed by atoms with Crippen molar-refractivity contribution in [3.05, 3.63) is 25.3 Å². The van der Waals surface area contributed by atoms with Gasteiger partial charge in [0.1, 0.15) is 46.2 Å². The van der Waals surface area contributed by atoms with Gasteiger partial charge in [0.15, 0.2) is 0 Å². The minimum absolute atomic E-state index is 0.0982. The lowest BCUT2D eigenvalue weighted by Crippen LogP contribution is -2.53. The van der Waals surface area contributed by atoms with Crippen LogP contribution in [-0.4, -0.2) is 133 Å². The van der Waals surface area contributed by atoms with Crippen LogP contribution in [0.1, 0.15) is 87.0 Å². The first-order chi connectivity index (χ1) is 29.2. The van der Waals surface area contributed by atoms with Gasteiger partial charge in [-0.1, -0.05) is 61.6 Å². The smallest absolute Gasteiger partial charge is 0.411 e. The van der Waals surface area contributed by atoms with Gasteiger partial charge in [-0.3, -0.25) is 9.59 Å². The number of ether oxygens (including phenoxy) is 7.